The fraction of sp³-hybridized carbons (Fsp3) is 0.636. The van der Waals surface area contributed by atoms with Gasteiger partial charge in [-0.2, -0.15) is 22.2 Å². The standard InChI is InChI=1S/C11H18N4O3S2/c1-10(2)5-8(6-11(3,4)15(10)16)14-20(17,18)9-7-12-19-13-9/h5,7,14,16H,6H2,1-4H3. The monoisotopic (exact) mass is 318 g/mol. The summed E-state index contributed by atoms with van der Waals surface area (Å²) < 4.78 is 34.2. The number of aromatic nitrogens is 2. The third-order valence-electron chi connectivity index (χ3n) is 3.15. The average Bonchev–Trinajstić information content (AvgIpc) is 2.78. The highest BCUT2D eigenvalue weighted by molar-refractivity contribution is 7.89. The lowest BCUT2D eigenvalue weighted by molar-refractivity contribution is -0.214. The van der Waals surface area contributed by atoms with Gasteiger partial charge in [-0.05, 0) is 33.8 Å². The summed E-state index contributed by atoms with van der Waals surface area (Å²) in [7, 11) is -3.72. The molecule has 0 fully saturated rings. The van der Waals surface area contributed by atoms with Crippen LogP contribution in [0.2, 0.25) is 0 Å². The number of sulfonamides is 1. The van der Waals surface area contributed by atoms with Crippen LogP contribution in [0.1, 0.15) is 34.1 Å². The van der Waals surface area contributed by atoms with Crippen molar-refractivity contribution in [2.24, 2.45) is 0 Å². The molecule has 0 saturated carbocycles. The quantitative estimate of drug-likeness (QED) is 0.873. The van der Waals surface area contributed by atoms with Crippen LogP contribution in [0.4, 0.5) is 0 Å². The van der Waals surface area contributed by atoms with Crippen molar-refractivity contribution >= 4 is 21.8 Å². The van der Waals surface area contributed by atoms with Gasteiger partial charge in [0, 0.05) is 17.7 Å². The van der Waals surface area contributed by atoms with E-state index >= 15 is 0 Å². The van der Waals surface area contributed by atoms with Crippen molar-refractivity contribution in [2.45, 2.75) is 50.2 Å². The van der Waals surface area contributed by atoms with Crippen molar-refractivity contribution in [2.75, 3.05) is 0 Å². The maximum Gasteiger partial charge on any atom is 0.281 e. The minimum Gasteiger partial charge on any atom is -0.313 e. The minimum atomic E-state index is -3.72. The van der Waals surface area contributed by atoms with Gasteiger partial charge in [0.25, 0.3) is 10.0 Å². The molecule has 0 aromatic carbocycles. The first kappa shape index (κ1) is 15.4. The van der Waals surface area contributed by atoms with Crippen molar-refractivity contribution in [3.8, 4) is 0 Å². The van der Waals surface area contributed by atoms with Gasteiger partial charge in [0.15, 0.2) is 0 Å². The summed E-state index contributed by atoms with van der Waals surface area (Å²) in [6, 6.07) is 0. The number of nitrogens with zero attached hydrogens (tertiary/aromatic N) is 3. The predicted octanol–water partition coefficient (Wildman–Crippen LogP) is 1.35. The zero-order valence-corrected chi connectivity index (χ0v) is 13.4. The molecule has 1 aromatic rings. The van der Waals surface area contributed by atoms with Gasteiger partial charge in [-0.15, -0.1) is 0 Å². The molecule has 0 spiro atoms. The van der Waals surface area contributed by atoms with E-state index in [9.17, 15) is 13.6 Å². The Morgan fingerprint density at radius 1 is 1.40 bits per heavy atom. The van der Waals surface area contributed by atoms with Gasteiger partial charge in [0.2, 0.25) is 5.03 Å². The molecular formula is C11H18N4O3S2. The molecular weight excluding hydrogens is 300 g/mol. The molecule has 20 heavy (non-hydrogen) atoms. The van der Waals surface area contributed by atoms with E-state index < -0.39 is 21.1 Å². The third-order valence-corrected chi connectivity index (χ3v) is 5.02. The Balaban J connectivity index is 2.31. The Kier molecular flexibility index (Phi) is 3.66. The molecule has 1 aliphatic heterocycles. The summed E-state index contributed by atoms with van der Waals surface area (Å²) in [6.45, 7) is 7.32. The largest absolute Gasteiger partial charge is 0.313 e. The summed E-state index contributed by atoms with van der Waals surface area (Å²) >= 11 is 0.842. The normalized spacial score (nSPS) is 22.4. The molecule has 1 aliphatic rings. The van der Waals surface area contributed by atoms with Crippen LogP contribution in [0.25, 0.3) is 0 Å². The summed E-state index contributed by atoms with van der Waals surface area (Å²) in [6.07, 6.45) is 3.30. The fourth-order valence-electron chi connectivity index (χ4n) is 2.42. The van der Waals surface area contributed by atoms with E-state index in [0.717, 1.165) is 11.7 Å². The van der Waals surface area contributed by atoms with Gasteiger partial charge < -0.3 is 5.21 Å². The van der Waals surface area contributed by atoms with Gasteiger partial charge in [-0.1, -0.05) is 0 Å². The second-order valence-corrected chi connectivity index (χ2v) is 8.16. The summed E-state index contributed by atoms with van der Waals surface area (Å²) in [4.78, 5) is 0. The summed E-state index contributed by atoms with van der Waals surface area (Å²) in [5.74, 6) is 0. The lowest BCUT2D eigenvalue weighted by atomic mass is 9.86. The topological polar surface area (TPSA) is 95.4 Å². The third kappa shape index (κ3) is 2.85. The fourth-order valence-corrected chi connectivity index (χ4v) is 4.08. The zero-order chi connectivity index (χ0) is 15.2. The van der Waals surface area contributed by atoms with Gasteiger partial charge >= 0.3 is 0 Å². The predicted molar refractivity (Wildman–Crippen MR) is 74.7 cm³/mol. The SMILES string of the molecule is CC1(C)C=C(NS(=O)(=O)c2cnsn2)CC(C)(C)N1O. The maximum atomic E-state index is 12.1. The molecule has 1 aromatic heterocycles. The van der Waals surface area contributed by atoms with Crippen molar-refractivity contribution in [3.63, 3.8) is 0 Å². The molecule has 0 unspecified atom stereocenters. The van der Waals surface area contributed by atoms with Crippen LogP contribution in [0.15, 0.2) is 23.0 Å². The number of hydrogen-bond donors (Lipinski definition) is 2. The lowest BCUT2D eigenvalue weighted by Crippen LogP contribution is -2.56. The van der Waals surface area contributed by atoms with E-state index in [2.05, 4.69) is 13.5 Å². The number of rotatable bonds is 3. The molecule has 7 nitrogen and oxygen atoms in total. The van der Waals surface area contributed by atoms with Gasteiger partial charge in [0.05, 0.1) is 23.5 Å². The average molecular weight is 318 g/mol. The van der Waals surface area contributed by atoms with Crippen LogP contribution >= 0.6 is 11.7 Å². The van der Waals surface area contributed by atoms with E-state index in [4.69, 9.17) is 0 Å². The van der Waals surface area contributed by atoms with Gasteiger partial charge in [-0.3, -0.25) is 4.72 Å². The van der Waals surface area contributed by atoms with Gasteiger partial charge in [0.1, 0.15) is 0 Å². The summed E-state index contributed by atoms with van der Waals surface area (Å²) in [5, 5.41) is 11.3. The first-order valence-electron chi connectivity index (χ1n) is 6.06. The highest BCUT2D eigenvalue weighted by atomic mass is 32.2. The first-order chi connectivity index (χ1) is 9.05. The molecule has 0 bridgehead atoms. The zero-order valence-electron chi connectivity index (χ0n) is 11.8. The van der Waals surface area contributed by atoms with E-state index in [1.165, 1.54) is 11.3 Å². The first-order valence-corrected chi connectivity index (χ1v) is 8.27. The molecule has 0 saturated heterocycles. The van der Waals surface area contributed by atoms with Crippen LogP contribution in [-0.4, -0.2) is 38.5 Å². The molecule has 2 heterocycles. The molecule has 0 radical (unpaired) electrons. The number of hydrogen-bond acceptors (Lipinski definition) is 7. The van der Waals surface area contributed by atoms with Crippen molar-refractivity contribution in [1.82, 2.24) is 18.5 Å². The second-order valence-electron chi connectivity index (χ2n) is 5.98. The Labute approximate surface area is 122 Å². The summed E-state index contributed by atoms with van der Waals surface area (Å²) in [5.41, 5.74) is -0.700. The van der Waals surface area contributed by atoms with Gasteiger partial charge in [-0.25, -0.2) is 0 Å². The van der Waals surface area contributed by atoms with E-state index in [1.807, 2.05) is 27.7 Å². The number of nitrogens with one attached hydrogen (secondary N) is 1. The van der Waals surface area contributed by atoms with Crippen molar-refractivity contribution in [1.29, 1.82) is 0 Å². The van der Waals surface area contributed by atoms with Crippen LogP contribution in [0.3, 0.4) is 0 Å². The molecule has 2 N–H and O–H groups in total. The van der Waals surface area contributed by atoms with Crippen LogP contribution in [0, 0.1) is 0 Å². The van der Waals surface area contributed by atoms with Crippen LogP contribution in [-0.2, 0) is 10.0 Å². The van der Waals surface area contributed by atoms with E-state index in [-0.39, 0.29) is 5.03 Å². The van der Waals surface area contributed by atoms with Crippen LogP contribution in [0.5, 0.6) is 0 Å². The van der Waals surface area contributed by atoms with Crippen molar-refractivity contribution in [3.05, 3.63) is 18.0 Å². The van der Waals surface area contributed by atoms with E-state index in [1.54, 1.807) is 6.08 Å². The van der Waals surface area contributed by atoms with Crippen LogP contribution < -0.4 is 4.72 Å². The lowest BCUT2D eigenvalue weighted by Gasteiger charge is -2.46. The molecule has 0 amide bonds. The Morgan fingerprint density at radius 2 is 2.05 bits per heavy atom. The Morgan fingerprint density at radius 3 is 2.55 bits per heavy atom. The smallest absolute Gasteiger partial charge is 0.281 e. The second kappa shape index (κ2) is 4.76. The maximum absolute atomic E-state index is 12.1. The Hall–Kier alpha value is -1.03. The van der Waals surface area contributed by atoms with E-state index in [0.29, 0.717) is 12.1 Å². The molecule has 2 rings (SSSR count). The molecule has 0 aliphatic carbocycles. The highest BCUT2D eigenvalue weighted by Gasteiger charge is 2.41. The Bertz CT molecular complexity index is 620. The molecule has 112 valence electrons. The molecule has 0 atom stereocenters. The highest BCUT2D eigenvalue weighted by Crippen LogP contribution is 2.35. The minimum absolute atomic E-state index is 0.0922. The van der Waals surface area contributed by atoms with Crippen molar-refractivity contribution < 1.29 is 13.6 Å². The number of hydroxylamine groups is 2. The molecule has 9 heteroatoms.